The van der Waals surface area contributed by atoms with Crippen LogP contribution in [0.4, 0.5) is 0 Å². The van der Waals surface area contributed by atoms with Crippen LogP contribution in [0.1, 0.15) is 71.1 Å². The van der Waals surface area contributed by atoms with Crippen molar-refractivity contribution in [3.63, 3.8) is 0 Å². The molecule has 3 fully saturated rings. The molecule has 0 aromatic carbocycles. The average Bonchev–Trinajstić information content (AvgIpc) is 2.57. The highest BCUT2D eigenvalue weighted by Gasteiger charge is 2.45. The van der Waals surface area contributed by atoms with Crippen LogP contribution < -0.4 is 5.32 Å². The van der Waals surface area contributed by atoms with Gasteiger partial charge in [0.05, 0.1) is 11.1 Å². The van der Waals surface area contributed by atoms with Gasteiger partial charge < -0.3 is 10.4 Å². The number of nitrogens with one attached hydrogen (secondary N) is 1. The van der Waals surface area contributed by atoms with Gasteiger partial charge in [-0.1, -0.05) is 19.3 Å². The quantitative estimate of drug-likeness (QED) is 0.821. The number of hydrogen-bond donors (Lipinski definition) is 2. The number of piperidine rings is 1. The zero-order valence-corrected chi connectivity index (χ0v) is 13.4. The number of aliphatic hydroxyl groups is 1. The van der Waals surface area contributed by atoms with Crippen LogP contribution in [0.5, 0.6) is 0 Å². The smallest absolute Gasteiger partial charge is 0.220 e. The molecule has 2 aliphatic heterocycles. The molecule has 2 heterocycles. The van der Waals surface area contributed by atoms with Gasteiger partial charge in [-0.2, -0.15) is 0 Å². The Kier molecular flexibility index (Phi) is 4.28. The summed E-state index contributed by atoms with van der Waals surface area (Å²) in [7, 11) is 0. The highest BCUT2D eigenvalue weighted by atomic mass is 16.3. The Labute approximate surface area is 128 Å². The number of β-amino-alcohol motifs (C(OH)–C–C–N with tert-alkyl or cyclic N) is 1. The molecule has 1 aliphatic carbocycles. The molecule has 0 radical (unpaired) electrons. The fraction of sp³-hybridized carbons (Fsp3) is 0.941. The number of carbonyl (C=O) groups excluding carboxylic acids is 1. The van der Waals surface area contributed by atoms with Gasteiger partial charge in [0.1, 0.15) is 0 Å². The molecule has 0 aromatic rings. The van der Waals surface area contributed by atoms with Crippen LogP contribution in [0.15, 0.2) is 0 Å². The maximum atomic E-state index is 11.9. The van der Waals surface area contributed by atoms with Crippen LogP contribution in [0.3, 0.4) is 0 Å². The molecule has 0 unspecified atom stereocenters. The fourth-order valence-electron chi connectivity index (χ4n) is 4.79. The monoisotopic (exact) mass is 294 g/mol. The van der Waals surface area contributed by atoms with Gasteiger partial charge in [0.25, 0.3) is 0 Å². The number of rotatable bonds is 2. The third-order valence-electron chi connectivity index (χ3n) is 5.91. The summed E-state index contributed by atoms with van der Waals surface area (Å²) in [5.41, 5.74) is -0.594. The fourth-order valence-corrected chi connectivity index (χ4v) is 4.79. The van der Waals surface area contributed by atoms with Gasteiger partial charge in [0, 0.05) is 19.0 Å². The summed E-state index contributed by atoms with van der Waals surface area (Å²) in [5, 5.41) is 14.2. The largest absolute Gasteiger partial charge is 0.389 e. The first-order chi connectivity index (χ1) is 10.0. The Balaban J connectivity index is 1.73. The SMILES string of the molecule is C[C@]12CCCN(CC3(O)CCCCC3)[C@H]1CCCC(=O)N2. The van der Waals surface area contributed by atoms with Gasteiger partial charge in [-0.15, -0.1) is 0 Å². The van der Waals surface area contributed by atoms with E-state index in [0.717, 1.165) is 64.5 Å². The molecule has 3 rings (SSSR count). The van der Waals surface area contributed by atoms with Crippen molar-refractivity contribution in [1.82, 2.24) is 10.2 Å². The summed E-state index contributed by atoms with van der Waals surface area (Å²) in [5.74, 6) is 0.207. The van der Waals surface area contributed by atoms with E-state index in [1.54, 1.807) is 0 Å². The predicted molar refractivity (Wildman–Crippen MR) is 83.0 cm³/mol. The minimum absolute atomic E-state index is 0.100. The highest BCUT2D eigenvalue weighted by Crippen LogP contribution is 2.36. The second-order valence-corrected chi connectivity index (χ2v) is 7.73. The van der Waals surface area contributed by atoms with Crippen LogP contribution in [-0.4, -0.2) is 46.2 Å². The van der Waals surface area contributed by atoms with Crippen molar-refractivity contribution in [2.45, 2.75) is 88.3 Å². The zero-order chi connectivity index (χ0) is 14.9. The van der Waals surface area contributed by atoms with Crippen molar-refractivity contribution >= 4 is 5.91 Å². The first-order valence-electron chi connectivity index (χ1n) is 8.78. The highest BCUT2D eigenvalue weighted by molar-refractivity contribution is 5.77. The van der Waals surface area contributed by atoms with Gasteiger partial charge in [-0.25, -0.2) is 0 Å². The van der Waals surface area contributed by atoms with E-state index >= 15 is 0 Å². The Morgan fingerprint density at radius 2 is 1.95 bits per heavy atom. The van der Waals surface area contributed by atoms with E-state index in [9.17, 15) is 9.90 Å². The lowest BCUT2D eigenvalue weighted by atomic mass is 9.78. The van der Waals surface area contributed by atoms with Crippen LogP contribution >= 0.6 is 0 Å². The van der Waals surface area contributed by atoms with Crippen LogP contribution in [0.25, 0.3) is 0 Å². The average molecular weight is 294 g/mol. The molecule has 0 bridgehead atoms. The normalized spacial score (nSPS) is 37.4. The molecule has 1 saturated carbocycles. The molecule has 120 valence electrons. The molecule has 0 aromatic heterocycles. The van der Waals surface area contributed by atoms with Gasteiger partial charge in [0.2, 0.25) is 5.91 Å². The van der Waals surface area contributed by atoms with E-state index in [1.165, 1.54) is 6.42 Å². The summed E-state index contributed by atoms with van der Waals surface area (Å²) in [6.07, 6.45) is 10.3. The van der Waals surface area contributed by atoms with E-state index in [2.05, 4.69) is 17.1 Å². The molecule has 2 saturated heterocycles. The second kappa shape index (κ2) is 5.88. The standard InChI is InChI=1S/C17H30N2O2/c1-16-9-6-12-19(13-17(21)10-3-2-4-11-17)14(16)7-5-8-15(20)18-16/h14,21H,2-13H2,1H3,(H,18,20)/t14-,16-/m0/s1. The molecule has 1 amide bonds. The third kappa shape index (κ3) is 3.26. The summed E-state index contributed by atoms with van der Waals surface area (Å²) in [6.45, 7) is 4.07. The first kappa shape index (κ1) is 15.3. The Hall–Kier alpha value is -0.610. The minimum atomic E-state index is -0.493. The summed E-state index contributed by atoms with van der Waals surface area (Å²) < 4.78 is 0. The molecule has 21 heavy (non-hydrogen) atoms. The molecule has 0 spiro atoms. The van der Waals surface area contributed by atoms with E-state index < -0.39 is 5.60 Å². The number of carbonyl (C=O) groups is 1. The van der Waals surface area contributed by atoms with Crippen molar-refractivity contribution in [2.24, 2.45) is 0 Å². The Morgan fingerprint density at radius 3 is 2.71 bits per heavy atom. The number of nitrogens with zero attached hydrogens (tertiary/aromatic N) is 1. The van der Waals surface area contributed by atoms with Crippen LogP contribution in [0.2, 0.25) is 0 Å². The minimum Gasteiger partial charge on any atom is -0.389 e. The Morgan fingerprint density at radius 1 is 1.19 bits per heavy atom. The molecule has 4 nitrogen and oxygen atoms in total. The first-order valence-corrected chi connectivity index (χ1v) is 8.78. The van der Waals surface area contributed by atoms with Crippen LogP contribution in [0, 0.1) is 0 Å². The van der Waals surface area contributed by atoms with Crippen molar-refractivity contribution in [1.29, 1.82) is 0 Å². The lowest BCUT2D eigenvalue weighted by molar-refractivity contribution is -0.123. The predicted octanol–water partition coefficient (Wildman–Crippen LogP) is 2.20. The number of amides is 1. The van der Waals surface area contributed by atoms with Gasteiger partial charge in [0.15, 0.2) is 0 Å². The number of likely N-dealkylation sites (tertiary alicyclic amines) is 1. The van der Waals surface area contributed by atoms with Crippen molar-refractivity contribution in [2.75, 3.05) is 13.1 Å². The third-order valence-corrected chi connectivity index (χ3v) is 5.91. The number of fused-ring (bicyclic) bond motifs is 1. The molecule has 2 atom stereocenters. The van der Waals surface area contributed by atoms with Crippen molar-refractivity contribution < 1.29 is 9.90 Å². The van der Waals surface area contributed by atoms with E-state index in [-0.39, 0.29) is 11.4 Å². The Bertz CT molecular complexity index is 392. The maximum Gasteiger partial charge on any atom is 0.220 e. The van der Waals surface area contributed by atoms with E-state index in [1.807, 2.05) is 0 Å². The topological polar surface area (TPSA) is 52.6 Å². The van der Waals surface area contributed by atoms with Gasteiger partial charge in [-0.3, -0.25) is 9.69 Å². The van der Waals surface area contributed by atoms with Gasteiger partial charge in [-0.05, 0) is 52.0 Å². The zero-order valence-electron chi connectivity index (χ0n) is 13.4. The molecule has 4 heteroatoms. The second-order valence-electron chi connectivity index (χ2n) is 7.73. The summed E-state index contributed by atoms with van der Waals surface area (Å²) in [4.78, 5) is 14.4. The molecule has 3 aliphatic rings. The van der Waals surface area contributed by atoms with E-state index in [4.69, 9.17) is 0 Å². The van der Waals surface area contributed by atoms with Crippen molar-refractivity contribution in [3.05, 3.63) is 0 Å². The maximum absolute atomic E-state index is 11.9. The molecule has 2 N–H and O–H groups in total. The summed E-state index contributed by atoms with van der Waals surface area (Å²) >= 11 is 0. The number of hydrogen-bond acceptors (Lipinski definition) is 3. The summed E-state index contributed by atoms with van der Waals surface area (Å²) in [6, 6.07) is 0.392. The lowest BCUT2D eigenvalue weighted by Gasteiger charge is -2.50. The van der Waals surface area contributed by atoms with Gasteiger partial charge >= 0.3 is 0 Å². The van der Waals surface area contributed by atoms with Crippen molar-refractivity contribution in [3.8, 4) is 0 Å². The lowest BCUT2D eigenvalue weighted by Crippen LogP contribution is -2.64. The molecular weight excluding hydrogens is 264 g/mol. The van der Waals surface area contributed by atoms with E-state index in [0.29, 0.717) is 12.5 Å². The molecular formula is C17H30N2O2. The van der Waals surface area contributed by atoms with Crippen LogP contribution in [-0.2, 0) is 4.79 Å².